The summed E-state index contributed by atoms with van der Waals surface area (Å²) in [6, 6.07) is 28.4. The van der Waals surface area contributed by atoms with Crippen LogP contribution in [0.2, 0.25) is 0 Å². The monoisotopic (exact) mass is 632 g/mol. The van der Waals surface area contributed by atoms with Crippen molar-refractivity contribution in [2.24, 2.45) is 0 Å². The number of hydrogen-bond donors (Lipinski definition) is 2. The largest absolute Gasteiger partial charge is 0.480 e. The Morgan fingerprint density at radius 2 is 1.38 bits per heavy atom. The van der Waals surface area contributed by atoms with Gasteiger partial charge in [-0.2, -0.15) is 0 Å². The van der Waals surface area contributed by atoms with E-state index in [0.717, 1.165) is 43.8 Å². The molecule has 3 atom stereocenters. The van der Waals surface area contributed by atoms with Gasteiger partial charge in [-0.05, 0) is 58.7 Å². The van der Waals surface area contributed by atoms with E-state index in [1.54, 1.807) is 0 Å². The van der Waals surface area contributed by atoms with E-state index >= 15 is 0 Å². The van der Waals surface area contributed by atoms with Crippen LogP contribution in [0.15, 0.2) is 103 Å². The van der Waals surface area contributed by atoms with Gasteiger partial charge in [0, 0.05) is 18.9 Å². The number of rotatable bonds is 10. The van der Waals surface area contributed by atoms with E-state index in [1.807, 2.05) is 103 Å². The summed E-state index contributed by atoms with van der Waals surface area (Å²) in [5.41, 5.74) is 6.58. The number of aryl methyl sites for hydroxylation is 1. The van der Waals surface area contributed by atoms with E-state index in [2.05, 4.69) is 0 Å². The van der Waals surface area contributed by atoms with Gasteiger partial charge in [-0.1, -0.05) is 103 Å². The van der Waals surface area contributed by atoms with Gasteiger partial charge in [-0.3, -0.25) is 9.69 Å². The Kier molecular flexibility index (Phi) is 9.06. The van der Waals surface area contributed by atoms with Gasteiger partial charge < -0.3 is 19.8 Å². The third-order valence-electron chi connectivity index (χ3n) is 9.31. The molecule has 0 saturated carbocycles. The number of carboxylic acid groups (broad SMARTS) is 2. The van der Waals surface area contributed by atoms with Crippen molar-refractivity contribution in [1.82, 2.24) is 9.80 Å². The number of aliphatic carboxylic acids is 2. The van der Waals surface area contributed by atoms with Crippen molar-refractivity contribution in [2.45, 2.75) is 56.8 Å². The number of carbonyl (C=O) groups is 4. The third kappa shape index (κ3) is 6.34. The van der Waals surface area contributed by atoms with Crippen LogP contribution in [0.4, 0.5) is 4.79 Å². The summed E-state index contributed by atoms with van der Waals surface area (Å²) in [6.07, 6.45) is -0.490. The van der Waals surface area contributed by atoms with Crippen LogP contribution in [0.3, 0.4) is 0 Å². The highest BCUT2D eigenvalue weighted by atomic mass is 16.6. The molecule has 4 aromatic carbocycles. The van der Waals surface area contributed by atoms with Crippen LogP contribution < -0.4 is 0 Å². The molecule has 1 aliphatic heterocycles. The van der Waals surface area contributed by atoms with Crippen LogP contribution in [0.5, 0.6) is 0 Å². The van der Waals surface area contributed by atoms with Gasteiger partial charge in [0.15, 0.2) is 0 Å². The van der Waals surface area contributed by atoms with Crippen molar-refractivity contribution in [1.29, 1.82) is 0 Å². The predicted octanol–water partition coefficient (Wildman–Crippen LogP) is 5.75. The molecule has 9 nitrogen and oxygen atoms in total. The average Bonchev–Trinajstić information content (AvgIpc) is 3.41. The van der Waals surface area contributed by atoms with Gasteiger partial charge in [0.1, 0.15) is 24.7 Å². The Labute approximate surface area is 273 Å². The summed E-state index contributed by atoms with van der Waals surface area (Å²) in [6.45, 7) is 1.41. The molecule has 0 saturated heterocycles. The molecule has 2 N–H and O–H groups in total. The van der Waals surface area contributed by atoms with E-state index in [0.29, 0.717) is 6.42 Å². The van der Waals surface area contributed by atoms with Gasteiger partial charge >= 0.3 is 18.0 Å². The summed E-state index contributed by atoms with van der Waals surface area (Å²) in [5, 5.41) is 20.5. The van der Waals surface area contributed by atoms with E-state index < -0.39 is 42.1 Å². The fraction of sp³-hybridized carbons (Fsp3) is 0.263. The molecule has 2 amide bonds. The lowest BCUT2D eigenvalue weighted by Gasteiger charge is -2.39. The van der Waals surface area contributed by atoms with E-state index in [1.165, 1.54) is 11.8 Å². The molecule has 4 aromatic rings. The highest BCUT2D eigenvalue weighted by molar-refractivity contribution is 5.91. The van der Waals surface area contributed by atoms with Crippen LogP contribution in [-0.2, 0) is 38.5 Å². The van der Waals surface area contributed by atoms with Gasteiger partial charge in [0.05, 0.1) is 0 Å². The number of ether oxygens (including phenoxy) is 1. The van der Waals surface area contributed by atoms with Crippen LogP contribution in [0.1, 0.15) is 47.1 Å². The van der Waals surface area contributed by atoms with Crippen molar-refractivity contribution in [3.8, 4) is 11.1 Å². The Balaban J connectivity index is 1.30. The molecule has 0 aromatic heterocycles. The zero-order valence-electron chi connectivity index (χ0n) is 26.0. The number of benzene rings is 4. The maximum atomic E-state index is 14.2. The van der Waals surface area contributed by atoms with Crippen LogP contribution in [-0.4, -0.2) is 68.7 Å². The number of carboxylic acids is 2. The lowest BCUT2D eigenvalue weighted by molar-refractivity contribution is -0.155. The Hall–Kier alpha value is -5.44. The molecule has 9 heteroatoms. The normalized spacial score (nSPS) is 16.3. The standard InChI is InChI=1S/C38H36N2O7/c1-24(35(41)39-22-27-14-6-5-13-26(27)21-34(39)37(44)45)40(33(36(42)43)20-19-25-11-3-2-4-12-25)38(46)47-23-32-30-17-9-7-15-28(30)29-16-8-10-18-31(29)32/h2-18,24,32-34H,19-23H2,1H3,(H,42,43)(H,44,45)/t24-,33-,34-/m0/s1. The number of hydrogen-bond acceptors (Lipinski definition) is 5. The zero-order chi connectivity index (χ0) is 33.1. The molecule has 2 aliphatic rings. The smallest absolute Gasteiger partial charge is 0.411 e. The summed E-state index contributed by atoms with van der Waals surface area (Å²) in [5.74, 6) is -3.40. The first-order valence-electron chi connectivity index (χ1n) is 15.7. The highest BCUT2D eigenvalue weighted by Crippen LogP contribution is 2.44. The molecule has 0 fully saturated rings. The van der Waals surface area contributed by atoms with E-state index in [-0.39, 0.29) is 31.9 Å². The quantitative estimate of drug-likeness (QED) is 0.228. The first-order valence-corrected chi connectivity index (χ1v) is 15.7. The lowest BCUT2D eigenvalue weighted by atomic mass is 9.93. The molecule has 0 radical (unpaired) electrons. The van der Waals surface area contributed by atoms with Gasteiger partial charge in [0.2, 0.25) is 5.91 Å². The fourth-order valence-electron chi connectivity index (χ4n) is 6.89. The molecule has 0 bridgehead atoms. The topological polar surface area (TPSA) is 124 Å². The average molecular weight is 633 g/mol. The summed E-state index contributed by atoms with van der Waals surface area (Å²) < 4.78 is 5.91. The minimum absolute atomic E-state index is 0.0202. The molecule has 0 spiro atoms. The fourth-order valence-corrected chi connectivity index (χ4v) is 6.89. The number of carbonyl (C=O) groups excluding carboxylic acids is 2. The van der Waals surface area contributed by atoms with Crippen LogP contribution >= 0.6 is 0 Å². The van der Waals surface area contributed by atoms with Crippen molar-refractivity contribution < 1.29 is 34.1 Å². The summed E-state index contributed by atoms with van der Waals surface area (Å²) >= 11 is 0. The molecule has 47 heavy (non-hydrogen) atoms. The highest BCUT2D eigenvalue weighted by Gasteiger charge is 2.43. The number of nitrogens with zero attached hydrogens (tertiary/aromatic N) is 2. The van der Waals surface area contributed by atoms with Crippen LogP contribution in [0.25, 0.3) is 11.1 Å². The van der Waals surface area contributed by atoms with Crippen molar-refractivity contribution in [3.63, 3.8) is 0 Å². The minimum atomic E-state index is -1.41. The molecule has 6 rings (SSSR count). The molecule has 240 valence electrons. The van der Waals surface area contributed by atoms with Crippen molar-refractivity contribution >= 4 is 23.9 Å². The predicted molar refractivity (Wildman–Crippen MR) is 175 cm³/mol. The third-order valence-corrected chi connectivity index (χ3v) is 9.31. The molecule has 1 heterocycles. The molecular weight excluding hydrogens is 596 g/mol. The summed E-state index contributed by atoms with van der Waals surface area (Å²) in [7, 11) is 0. The second-order valence-corrected chi connectivity index (χ2v) is 12.1. The number of fused-ring (bicyclic) bond motifs is 4. The van der Waals surface area contributed by atoms with E-state index in [4.69, 9.17) is 4.74 Å². The minimum Gasteiger partial charge on any atom is -0.480 e. The van der Waals surface area contributed by atoms with Gasteiger partial charge in [-0.25, -0.2) is 14.4 Å². The van der Waals surface area contributed by atoms with Crippen LogP contribution in [0, 0.1) is 0 Å². The Morgan fingerprint density at radius 1 is 0.809 bits per heavy atom. The summed E-state index contributed by atoms with van der Waals surface area (Å²) in [4.78, 5) is 55.7. The van der Waals surface area contributed by atoms with Gasteiger partial charge in [-0.15, -0.1) is 0 Å². The zero-order valence-corrected chi connectivity index (χ0v) is 26.0. The SMILES string of the molecule is C[C@@H](C(=O)N1Cc2ccccc2C[C@H]1C(=O)O)N(C(=O)OCC1c2ccccc2-c2ccccc21)[C@@H](CCc1ccccc1)C(=O)O. The van der Waals surface area contributed by atoms with Crippen molar-refractivity contribution in [3.05, 3.63) is 131 Å². The molecular formula is C38H36N2O7. The van der Waals surface area contributed by atoms with Gasteiger partial charge in [0.25, 0.3) is 0 Å². The first-order chi connectivity index (χ1) is 22.7. The van der Waals surface area contributed by atoms with Crippen molar-refractivity contribution in [2.75, 3.05) is 6.61 Å². The lowest BCUT2D eigenvalue weighted by Crippen LogP contribution is -2.59. The Morgan fingerprint density at radius 3 is 2.00 bits per heavy atom. The Bertz CT molecular complexity index is 1760. The molecule has 0 unspecified atom stereocenters. The first kappa shape index (κ1) is 31.5. The van der Waals surface area contributed by atoms with E-state index in [9.17, 15) is 29.4 Å². The second-order valence-electron chi connectivity index (χ2n) is 12.1. The molecule has 1 aliphatic carbocycles. The number of amides is 2. The maximum absolute atomic E-state index is 14.2. The maximum Gasteiger partial charge on any atom is 0.411 e. The second kappa shape index (κ2) is 13.5.